The minimum Gasteiger partial charge on any atom is -0.481 e. The van der Waals surface area contributed by atoms with Crippen LogP contribution in [0, 0.1) is 36.8 Å². The van der Waals surface area contributed by atoms with E-state index in [1.165, 1.54) is 6.07 Å². The predicted molar refractivity (Wildman–Crippen MR) is 145 cm³/mol. The van der Waals surface area contributed by atoms with Crippen molar-refractivity contribution >= 4 is 35.5 Å². The second kappa shape index (κ2) is 13.5. The molecule has 7 nitrogen and oxygen atoms in total. The molecule has 0 heterocycles. The zero-order chi connectivity index (χ0) is 31.4. The molecule has 2 aromatic carbocycles. The van der Waals surface area contributed by atoms with Gasteiger partial charge in [-0.3, -0.25) is 14.4 Å². The number of carboxylic acids is 1. The van der Waals surface area contributed by atoms with Crippen molar-refractivity contribution in [3.8, 4) is 0 Å². The van der Waals surface area contributed by atoms with Crippen LogP contribution in [0.4, 0.5) is 22.0 Å². The van der Waals surface area contributed by atoms with Gasteiger partial charge in [0.25, 0.3) is 5.91 Å². The first kappa shape index (κ1) is 32.7. The topological polar surface area (TPSA) is 111 Å². The highest BCUT2D eigenvalue weighted by molar-refractivity contribution is 6.34. The van der Waals surface area contributed by atoms with Crippen molar-refractivity contribution in [1.82, 2.24) is 10.2 Å². The van der Waals surface area contributed by atoms with Gasteiger partial charge in [-0.25, -0.2) is 8.78 Å². The third-order valence-electron chi connectivity index (χ3n) is 6.98. The first-order chi connectivity index (χ1) is 19.6. The largest absolute Gasteiger partial charge is 0.481 e. The summed E-state index contributed by atoms with van der Waals surface area (Å²) in [5.41, 5.74) is -1.59. The number of carbonyl (C=O) groups is 3. The Kier molecular flexibility index (Phi) is 10.5. The quantitative estimate of drug-likeness (QED) is 0.129. The lowest BCUT2D eigenvalue weighted by Crippen LogP contribution is -2.43. The number of rotatable bonds is 10. The highest BCUT2D eigenvalue weighted by atomic mass is 35.5. The Bertz CT molecular complexity index is 1380. The Morgan fingerprint density at radius 3 is 2.14 bits per heavy atom. The van der Waals surface area contributed by atoms with Crippen LogP contribution in [-0.4, -0.2) is 52.6 Å². The fourth-order valence-corrected chi connectivity index (χ4v) is 5.48. The molecule has 42 heavy (non-hydrogen) atoms. The van der Waals surface area contributed by atoms with Crippen molar-refractivity contribution in [3.63, 3.8) is 0 Å². The molecule has 2 aromatic rings. The molecule has 0 aromatic heterocycles. The van der Waals surface area contributed by atoms with Crippen LogP contribution in [-0.2, 0) is 16.1 Å². The number of amides is 1. The van der Waals surface area contributed by atoms with E-state index in [4.69, 9.17) is 17.0 Å². The van der Waals surface area contributed by atoms with Gasteiger partial charge in [0.2, 0.25) is 0 Å². The molecule has 0 radical (unpaired) electrons. The molecule has 3 rings (SSSR count). The van der Waals surface area contributed by atoms with E-state index in [0.29, 0.717) is 16.5 Å². The Balaban J connectivity index is 2.03. The van der Waals surface area contributed by atoms with Crippen LogP contribution in [0.3, 0.4) is 0 Å². The molecule has 1 aliphatic carbocycles. The Morgan fingerprint density at radius 2 is 1.64 bits per heavy atom. The number of aliphatic carboxylic acids is 1. The minimum atomic E-state index is -5.14. The highest BCUT2D eigenvalue weighted by Gasteiger charge is 2.41. The van der Waals surface area contributed by atoms with E-state index in [1.807, 2.05) is 0 Å². The normalized spacial score (nSPS) is 17.7. The Hall–Kier alpha value is -3.80. The van der Waals surface area contributed by atoms with Gasteiger partial charge < -0.3 is 20.7 Å². The number of benzene rings is 2. The van der Waals surface area contributed by atoms with Crippen LogP contribution in [0.25, 0.3) is 0 Å². The van der Waals surface area contributed by atoms with Gasteiger partial charge in [-0.05, 0) is 74.4 Å². The zero-order valence-electron chi connectivity index (χ0n) is 22.7. The number of Topliss-reactive ketones (excluding diaryl/α,β-unsaturated/α-hetero) is 1. The lowest BCUT2D eigenvalue weighted by Gasteiger charge is -2.30. The number of aryl methyl sites for hydroxylation is 2. The number of alkyl halides is 3. The zero-order valence-corrected chi connectivity index (χ0v) is 23.5. The SMILES string of the molecule is Cc1cc(C)c(C(=O)CN(Cc2cc(F)cc(F)c2)C(=O)/C(C=N)=C(/N[C@H]2CC[C@H](C(=O)O)CC2)C(F)(F)F)c(Cl)c1. The molecule has 0 spiro atoms. The van der Waals surface area contributed by atoms with E-state index < -0.39 is 71.8 Å². The predicted octanol–water partition coefficient (Wildman–Crippen LogP) is 6.15. The number of nitrogens with one attached hydrogen (secondary N) is 2. The van der Waals surface area contributed by atoms with Crippen LogP contribution in [0.1, 0.15) is 52.7 Å². The van der Waals surface area contributed by atoms with E-state index in [1.54, 1.807) is 19.9 Å². The fourth-order valence-electron chi connectivity index (χ4n) is 5.06. The van der Waals surface area contributed by atoms with E-state index in [-0.39, 0.29) is 48.0 Å². The first-order valence-corrected chi connectivity index (χ1v) is 13.3. The van der Waals surface area contributed by atoms with Crippen molar-refractivity contribution < 1.29 is 41.4 Å². The van der Waals surface area contributed by atoms with Crippen molar-refractivity contribution in [1.29, 1.82) is 5.41 Å². The van der Waals surface area contributed by atoms with Gasteiger partial charge in [0.1, 0.15) is 17.3 Å². The second-order valence-corrected chi connectivity index (χ2v) is 10.7. The second-order valence-electron chi connectivity index (χ2n) is 10.3. The molecule has 1 saturated carbocycles. The minimum absolute atomic E-state index is 0.0234. The van der Waals surface area contributed by atoms with Gasteiger partial charge in [-0.1, -0.05) is 17.7 Å². The van der Waals surface area contributed by atoms with Gasteiger partial charge in [0.05, 0.1) is 23.1 Å². The summed E-state index contributed by atoms with van der Waals surface area (Å²) in [6.45, 7) is 1.86. The molecule has 0 saturated heterocycles. The third kappa shape index (κ3) is 8.15. The highest BCUT2D eigenvalue weighted by Crippen LogP contribution is 2.31. The average Bonchev–Trinajstić information content (AvgIpc) is 2.86. The van der Waals surface area contributed by atoms with Gasteiger partial charge >= 0.3 is 12.1 Å². The molecule has 0 aliphatic heterocycles. The van der Waals surface area contributed by atoms with Gasteiger partial charge in [-0.2, -0.15) is 13.2 Å². The van der Waals surface area contributed by atoms with Crippen molar-refractivity contribution in [3.05, 3.63) is 80.5 Å². The van der Waals surface area contributed by atoms with Crippen molar-refractivity contribution in [2.75, 3.05) is 6.54 Å². The van der Waals surface area contributed by atoms with Crippen LogP contribution in [0.5, 0.6) is 0 Å². The van der Waals surface area contributed by atoms with Gasteiger partial charge in [0.15, 0.2) is 5.78 Å². The van der Waals surface area contributed by atoms with Crippen LogP contribution in [0.15, 0.2) is 41.6 Å². The maximum absolute atomic E-state index is 14.3. The monoisotopic (exact) mass is 613 g/mol. The maximum Gasteiger partial charge on any atom is 0.431 e. The van der Waals surface area contributed by atoms with Gasteiger partial charge in [0, 0.05) is 30.4 Å². The number of hydrogen-bond donors (Lipinski definition) is 3. The molecule has 1 aliphatic rings. The van der Waals surface area contributed by atoms with Gasteiger partial charge in [-0.15, -0.1) is 0 Å². The standard InChI is InChI=1S/C29H29ClF5N3O4/c1-15-7-16(2)25(23(30)8-15)24(39)14-38(13-17-9-19(31)11-20(32)10-17)27(40)22(12-36)26(29(33,34)35)37-21-5-3-18(4-6-21)28(41)42/h7-12,18,21,36-37H,3-6,13-14H2,1-2H3,(H,41,42)/b26-22+,36-12?/t18-,21-. The third-order valence-corrected chi connectivity index (χ3v) is 7.28. The van der Waals surface area contributed by atoms with E-state index in [9.17, 15) is 41.4 Å². The lowest BCUT2D eigenvalue weighted by molar-refractivity contribution is -0.143. The van der Waals surface area contributed by atoms with E-state index >= 15 is 0 Å². The first-order valence-electron chi connectivity index (χ1n) is 13.0. The molecule has 3 N–H and O–H groups in total. The summed E-state index contributed by atoms with van der Waals surface area (Å²) >= 11 is 6.27. The summed E-state index contributed by atoms with van der Waals surface area (Å²) in [6, 6.07) is 4.64. The van der Waals surface area contributed by atoms with E-state index in [0.717, 1.165) is 17.7 Å². The summed E-state index contributed by atoms with van der Waals surface area (Å²) in [4.78, 5) is 38.9. The Labute approximate surface area is 243 Å². The van der Waals surface area contributed by atoms with Crippen LogP contribution >= 0.6 is 11.6 Å². The number of ketones is 1. The fraction of sp³-hybridized carbons (Fsp3) is 0.379. The molecule has 0 bridgehead atoms. The summed E-state index contributed by atoms with van der Waals surface area (Å²) < 4.78 is 70.7. The molecule has 1 fully saturated rings. The van der Waals surface area contributed by atoms with Crippen LogP contribution in [0.2, 0.25) is 5.02 Å². The number of hydrogen-bond acceptors (Lipinski definition) is 5. The summed E-state index contributed by atoms with van der Waals surface area (Å²) in [5, 5.41) is 19.2. The summed E-state index contributed by atoms with van der Waals surface area (Å²) in [5.74, 6) is -5.87. The summed E-state index contributed by atoms with van der Waals surface area (Å²) in [7, 11) is 0. The lowest BCUT2D eigenvalue weighted by atomic mass is 9.86. The molecule has 0 unspecified atom stereocenters. The Morgan fingerprint density at radius 1 is 1.05 bits per heavy atom. The molecular weight excluding hydrogens is 585 g/mol. The number of carboxylic acid groups (broad SMARTS) is 1. The summed E-state index contributed by atoms with van der Waals surface area (Å²) in [6.07, 6.45) is -4.54. The maximum atomic E-state index is 14.3. The smallest absolute Gasteiger partial charge is 0.431 e. The molecule has 13 heteroatoms. The average molecular weight is 614 g/mol. The van der Waals surface area contributed by atoms with Crippen LogP contribution < -0.4 is 5.32 Å². The van der Waals surface area contributed by atoms with Crippen molar-refractivity contribution in [2.24, 2.45) is 5.92 Å². The molecule has 0 atom stereocenters. The number of halogens is 6. The number of nitrogens with zero attached hydrogens (tertiary/aromatic N) is 1. The number of carbonyl (C=O) groups excluding carboxylic acids is 2. The van der Waals surface area contributed by atoms with Crippen molar-refractivity contribution in [2.45, 2.75) is 58.3 Å². The number of allylic oxidation sites excluding steroid dienone is 1. The molecule has 1 amide bonds. The molecule has 226 valence electrons. The molecular formula is C29H29ClF5N3O4. The van der Waals surface area contributed by atoms with E-state index in [2.05, 4.69) is 5.32 Å².